The fourth-order valence-corrected chi connectivity index (χ4v) is 3.80. The van der Waals surface area contributed by atoms with E-state index in [0.717, 1.165) is 38.5 Å². The molecular weight excluding hydrogens is 418 g/mol. The van der Waals surface area contributed by atoms with Crippen LogP contribution in [0.15, 0.2) is 80.7 Å². The molecule has 2 aromatic carbocycles. The first-order valence-corrected chi connectivity index (χ1v) is 9.92. The van der Waals surface area contributed by atoms with Crippen LogP contribution in [0, 0.1) is 0 Å². The number of anilines is 1. The number of allylic oxidation sites excluding steroid dienone is 2. The molecule has 0 fully saturated rings. The number of ether oxygens (including phenoxy) is 1. The van der Waals surface area contributed by atoms with Gasteiger partial charge in [-0.15, -0.1) is 0 Å². The van der Waals surface area contributed by atoms with E-state index in [1.54, 1.807) is 0 Å². The average Bonchev–Trinajstić information content (AvgIpc) is 2.86. The van der Waals surface area contributed by atoms with E-state index in [9.17, 15) is 4.79 Å². The second-order valence-corrected chi connectivity index (χ2v) is 7.52. The molecule has 2 aromatic rings. The van der Waals surface area contributed by atoms with E-state index < -0.39 is 0 Å². The Labute approximate surface area is 172 Å². The van der Waals surface area contributed by atoms with Gasteiger partial charge in [0.2, 0.25) is 0 Å². The standard InChI is InChI=1S/C22H20BrN3O2/c1-3-28-22(27)19-13(2)25-21-16(20(19)14-8-10-15(23)11-9-14)12-24-17-6-4-5-7-18(17)26-21/h4-12,20,25-26H,3H2,1-2H3/t20-/m1/s1. The van der Waals surface area contributed by atoms with Gasteiger partial charge in [0.1, 0.15) is 5.82 Å². The van der Waals surface area contributed by atoms with Crippen molar-refractivity contribution in [2.75, 3.05) is 11.9 Å². The maximum absolute atomic E-state index is 12.8. The van der Waals surface area contributed by atoms with Crippen LogP contribution in [0.25, 0.3) is 0 Å². The monoisotopic (exact) mass is 437 g/mol. The van der Waals surface area contributed by atoms with Gasteiger partial charge < -0.3 is 15.4 Å². The fourth-order valence-electron chi connectivity index (χ4n) is 3.53. The van der Waals surface area contributed by atoms with Crippen LogP contribution in [0.4, 0.5) is 11.4 Å². The van der Waals surface area contributed by atoms with E-state index in [1.807, 2.05) is 68.6 Å². The third kappa shape index (κ3) is 3.36. The number of dihydropyridines is 1. The normalized spacial score (nSPS) is 17.9. The first-order chi connectivity index (χ1) is 13.6. The number of nitrogens with one attached hydrogen (secondary N) is 2. The summed E-state index contributed by atoms with van der Waals surface area (Å²) < 4.78 is 6.35. The summed E-state index contributed by atoms with van der Waals surface area (Å²) in [5.74, 6) is 0.225. The Bertz CT molecular complexity index is 1020. The van der Waals surface area contributed by atoms with Crippen LogP contribution in [0.1, 0.15) is 25.3 Å². The largest absolute Gasteiger partial charge is 0.463 e. The lowest BCUT2D eigenvalue weighted by Crippen LogP contribution is -2.33. The predicted octanol–water partition coefficient (Wildman–Crippen LogP) is 5.01. The van der Waals surface area contributed by atoms with Crippen LogP contribution in [-0.2, 0) is 9.53 Å². The quantitative estimate of drug-likeness (QED) is 0.662. The van der Waals surface area contributed by atoms with Crippen molar-refractivity contribution in [2.45, 2.75) is 19.8 Å². The van der Waals surface area contributed by atoms with Crippen LogP contribution in [0.3, 0.4) is 0 Å². The number of nitrogens with zero attached hydrogens (tertiary/aromatic N) is 1. The zero-order valence-corrected chi connectivity index (χ0v) is 17.2. The minimum absolute atomic E-state index is 0.283. The lowest BCUT2D eigenvalue weighted by molar-refractivity contribution is -0.138. The first kappa shape index (κ1) is 18.5. The van der Waals surface area contributed by atoms with Crippen LogP contribution in [0.5, 0.6) is 0 Å². The lowest BCUT2D eigenvalue weighted by Gasteiger charge is -2.30. The summed E-state index contributed by atoms with van der Waals surface area (Å²) in [7, 11) is 0. The number of hydrogen-bond acceptors (Lipinski definition) is 5. The maximum atomic E-state index is 12.8. The van der Waals surface area contributed by atoms with E-state index in [4.69, 9.17) is 4.74 Å². The third-order valence-corrected chi connectivity index (χ3v) is 5.34. The van der Waals surface area contributed by atoms with E-state index in [-0.39, 0.29) is 11.9 Å². The predicted molar refractivity (Wildman–Crippen MR) is 115 cm³/mol. The number of halogens is 1. The van der Waals surface area contributed by atoms with E-state index >= 15 is 0 Å². The molecule has 6 heteroatoms. The van der Waals surface area contributed by atoms with Crippen molar-refractivity contribution in [3.05, 3.63) is 81.2 Å². The summed E-state index contributed by atoms with van der Waals surface area (Å²) in [6, 6.07) is 15.9. The second-order valence-electron chi connectivity index (χ2n) is 6.60. The highest BCUT2D eigenvalue weighted by atomic mass is 79.9. The molecule has 1 atom stereocenters. The third-order valence-electron chi connectivity index (χ3n) is 4.81. The number of carbonyl (C=O) groups excluding carboxylic acids is 1. The van der Waals surface area contributed by atoms with Crippen molar-refractivity contribution in [2.24, 2.45) is 4.99 Å². The van der Waals surface area contributed by atoms with Crippen LogP contribution >= 0.6 is 15.9 Å². The molecule has 0 saturated heterocycles. The number of fused-ring (bicyclic) bond motifs is 1. The molecule has 2 aliphatic heterocycles. The molecule has 0 bridgehead atoms. The Morgan fingerprint density at radius 1 is 1.14 bits per heavy atom. The van der Waals surface area contributed by atoms with Crippen molar-refractivity contribution >= 4 is 39.5 Å². The zero-order chi connectivity index (χ0) is 19.7. The molecule has 0 aromatic heterocycles. The van der Waals surface area contributed by atoms with Gasteiger partial charge in [-0.05, 0) is 43.7 Å². The summed E-state index contributed by atoms with van der Waals surface area (Å²) in [5.41, 5.74) is 5.03. The SMILES string of the molecule is CCOC(=O)C1=C(C)NC2=C(C=Nc3ccccc3N2)[C@H]1c1ccc(Br)cc1. The second kappa shape index (κ2) is 7.64. The highest BCUT2D eigenvalue weighted by Crippen LogP contribution is 2.40. The van der Waals surface area contributed by atoms with Gasteiger partial charge in [-0.2, -0.15) is 0 Å². The Hall–Kier alpha value is -2.86. The minimum atomic E-state index is -0.317. The Balaban J connectivity index is 1.86. The molecule has 0 unspecified atom stereocenters. The van der Waals surface area contributed by atoms with Gasteiger partial charge in [0.25, 0.3) is 0 Å². The Morgan fingerprint density at radius 2 is 1.89 bits per heavy atom. The maximum Gasteiger partial charge on any atom is 0.336 e. The molecule has 0 saturated carbocycles. The summed E-state index contributed by atoms with van der Waals surface area (Å²) in [5, 5.41) is 6.79. The lowest BCUT2D eigenvalue weighted by atomic mass is 9.82. The number of esters is 1. The highest BCUT2D eigenvalue weighted by Gasteiger charge is 2.35. The number of benzene rings is 2. The number of aliphatic imine (C=N–C) groups is 1. The van der Waals surface area contributed by atoms with Crippen molar-refractivity contribution in [1.29, 1.82) is 0 Å². The van der Waals surface area contributed by atoms with Crippen LogP contribution < -0.4 is 10.6 Å². The van der Waals surface area contributed by atoms with Gasteiger partial charge in [-0.3, -0.25) is 4.99 Å². The summed E-state index contributed by atoms with van der Waals surface area (Å²) in [4.78, 5) is 17.5. The first-order valence-electron chi connectivity index (χ1n) is 9.13. The number of carbonyl (C=O) groups is 1. The smallest absolute Gasteiger partial charge is 0.336 e. The molecule has 2 heterocycles. The minimum Gasteiger partial charge on any atom is -0.463 e. The van der Waals surface area contributed by atoms with Gasteiger partial charge >= 0.3 is 5.97 Å². The van der Waals surface area contributed by atoms with E-state index in [1.165, 1.54) is 0 Å². The van der Waals surface area contributed by atoms with E-state index in [0.29, 0.717) is 12.2 Å². The Kier molecular flexibility index (Phi) is 5.05. The average molecular weight is 438 g/mol. The molecule has 0 amide bonds. The van der Waals surface area contributed by atoms with Crippen LogP contribution in [-0.4, -0.2) is 18.8 Å². The van der Waals surface area contributed by atoms with Gasteiger partial charge in [0, 0.05) is 27.9 Å². The molecule has 5 nitrogen and oxygen atoms in total. The van der Waals surface area contributed by atoms with Crippen LogP contribution in [0.2, 0.25) is 0 Å². The molecule has 0 radical (unpaired) electrons. The number of rotatable bonds is 3. The topological polar surface area (TPSA) is 62.7 Å². The molecule has 4 rings (SSSR count). The molecule has 28 heavy (non-hydrogen) atoms. The van der Waals surface area contributed by atoms with E-state index in [2.05, 4.69) is 31.6 Å². The Morgan fingerprint density at radius 3 is 2.64 bits per heavy atom. The fraction of sp³-hybridized carbons (Fsp3) is 0.182. The molecular formula is C22H20BrN3O2. The van der Waals surface area contributed by atoms with Crippen molar-refractivity contribution in [3.8, 4) is 0 Å². The molecule has 2 aliphatic rings. The van der Waals surface area contributed by atoms with Gasteiger partial charge in [-0.25, -0.2) is 4.79 Å². The molecule has 2 N–H and O–H groups in total. The highest BCUT2D eigenvalue weighted by molar-refractivity contribution is 9.10. The van der Waals surface area contributed by atoms with Gasteiger partial charge in [0.15, 0.2) is 0 Å². The summed E-state index contributed by atoms with van der Waals surface area (Å²) in [6.45, 7) is 4.04. The van der Waals surface area contributed by atoms with Crippen molar-refractivity contribution in [3.63, 3.8) is 0 Å². The number of hydrogen-bond donors (Lipinski definition) is 2. The van der Waals surface area contributed by atoms with Crippen molar-refractivity contribution in [1.82, 2.24) is 5.32 Å². The van der Waals surface area contributed by atoms with Gasteiger partial charge in [0.05, 0.1) is 23.6 Å². The van der Waals surface area contributed by atoms with Crippen molar-refractivity contribution < 1.29 is 9.53 Å². The van der Waals surface area contributed by atoms with Gasteiger partial charge in [-0.1, -0.05) is 40.2 Å². The zero-order valence-electron chi connectivity index (χ0n) is 15.6. The molecule has 0 spiro atoms. The summed E-state index contributed by atoms with van der Waals surface area (Å²) >= 11 is 3.48. The summed E-state index contributed by atoms with van der Waals surface area (Å²) in [6.07, 6.45) is 1.83. The molecule has 142 valence electrons. The molecule has 0 aliphatic carbocycles. The number of para-hydroxylation sites is 2.